The maximum absolute atomic E-state index is 10.5. The minimum Gasteiger partial charge on any atom is -0.508 e. The van der Waals surface area contributed by atoms with E-state index in [-0.39, 0.29) is 10.8 Å². The zero-order valence-electron chi connectivity index (χ0n) is 18.2. The smallest absolute Gasteiger partial charge is 0.118 e. The van der Waals surface area contributed by atoms with Crippen LogP contribution in [0.3, 0.4) is 0 Å². The SMILES string of the molecule is C=C1CC=CC(C)(C)[C@H]1CC[C@@]1(C)[C@H](Cc2cc(Br)ccc2O)/C(=C/I)CC[C@@H]1Br. The Kier molecular flexibility index (Phi) is 8.05. The van der Waals surface area contributed by atoms with E-state index in [4.69, 9.17) is 0 Å². The van der Waals surface area contributed by atoms with Crippen molar-refractivity contribution >= 4 is 54.5 Å². The first-order valence-corrected chi connectivity index (χ1v) is 13.8. The molecule has 2 aliphatic rings. The Morgan fingerprint density at radius 1 is 1.27 bits per heavy atom. The average Bonchev–Trinajstić information content (AvgIpc) is 2.68. The monoisotopic (exact) mass is 646 g/mol. The van der Waals surface area contributed by atoms with Crippen LogP contribution in [-0.2, 0) is 6.42 Å². The van der Waals surface area contributed by atoms with Gasteiger partial charge in [-0.05, 0) is 89.0 Å². The number of hydrogen-bond acceptors (Lipinski definition) is 1. The zero-order chi connectivity index (χ0) is 22.1. The van der Waals surface area contributed by atoms with E-state index in [2.05, 4.69) is 104 Å². The molecule has 1 N–H and O–H groups in total. The molecule has 1 saturated carbocycles. The van der Waals surface area contributed by atoms with E-state index in [0.717, 1.165) is 42.1 Å². The summed E-state index contributed by atoms with van der Waals surface area (Å²) >= 11 is 10.1. The topological polar surface area (TPSA) is 20.2 Å². The molecule has 0 radical (unpaired) electrons. The lowest BCUT2D eigenvalue weighted by molar-refractivity contribution is 0.136. The van der Waals surface area contributed by atoms with Gasteiger partial charge in [0.25, 0.3) is 0 Å². The van der Waals surface area contributed by atoms with Crippen LogP contribution in [0.5, 0.6) is 5.75 Å². The first kappa shape index (κ1) is 24.6. The van der Waals surface area contributed by atoms with Gasteiger partial charge in [-0.3, -0.25) is 0 Å². The van der Waals surface area contributed by atoms with Crippen molar-refractivity contribution in [3.8, 4) is 5.75 Å². The van der Waals surface area contributed by atoms with Crippen molar-refractivity contribution in [1.82, 2.24) is 0 Å². The fraction of sp³-hybridized carbons (Fsp3) is 0.538. The van der Waals surface area contributed by atoms with E-state index >= 15 is 0 Å². The molecule has 164 valence electrons. The van der Waals surface area contributed by atoms with Gasteiger partial charge in [0, 0.05) is 9.30 Å². The number of aromatic hydroxyl groups is 1. The summed E-state index contributed by atoms with van der Waals surface area (Å²) in [5.41, 5.74) is 4.22. The Morgan fingerprint density at radius 2 is 2.00 bits per heavy atom. The average molecular weight is 648 g/mol. The molecule has 0 heterocycles. The number of benzene rings is 1. The molecule has 0 aromatic heterocycles. The molecular formula is C26H33Br2IO. The van der Waals surface area contributed by atoms with Crippen molar-refractivity contribution in [3.63, 3.8) is 0 Å². The second-order valence-electron chi connectivity index (χ2n) is 9.90. The van der Waals surface area contributed by atoms with Crippen LogP contribution in [0.25, 0.3) is 0 Å². The third-order valence-electron chi connectivity index (χ3n) is 7.54. The fourth-order valence-corrected chi connectivity index (χ4v) is 7.46. The standard InChI is InChI=1S/C26H33Br2IO/c1-17-6-5-12-25(2,3)21(17)11-13-26(4)22(18(16-29)7-10-24(26)28)15-19-14-20(27)8-9-23(19)30/h5,8-9,12,14,16,21-22,24,30H,1,6-7,10-11,13,15H2,2-4H3/b18-16+/t21-,22+,24-,26-/m0/s1. The summed E-state index contributed by atoms with van der Waals surface area (Å²) in [6.07, 6.45) is 11.1. The number of alkyl halides is 1. The lowest BCUT2D eigenvalue weighted by Gasteiger charge is -2.49. The maximum Gasteiger partial charge on any atom is 0.118 e. The lowest BCUT2D eigenvalue weighted by atomic mass is 9.59. The Labute approximate surface area is 212 Å². The summed E-state index contributed by atoms with van der Waals surface area (Å²) in [5, 5.41) is 10.5. The summed E-state index contributed by atoms with van der Waals surface area (Å²) < 4.78 is 3.32. The van der Waals surface area contributed by atoms with Crippen LogP contribution in [0, 0.1) is 22.7 Å². The minimum atomic E-state index is 0.127. The van der Waals surface area contributed by atoms with Crippen LogP contribution < -0.4 is 0 Å². The van der Waals surface area contributed by atoms with Crippen molar-refractivity contribution in [3.05, 3.63) is 62.2 Å². The Balaban J connectivity index is 1.90. The van der Waals surface area contributed by atoms with E-state index in [1.54, 1.807) is 6.07 Å². The van der Waals surface area contributed by atoms with Crippen molar-refractivity contribution in [2.45, 2.75) is 64.1 Å². The van der Waals surface area contributed by atoms with E-state index in [1.165, 1.54) is 17.6 Å². The predicted molar refractivity (Wildman–Crippen MR) is 145 cm³/mol. The van der Waals surface area contributed by atoms with Crippen molar-refractivity contribution in [2.75, 3.05) is 0 Å². The molecule has 0 aliphatic heterocycles. The van der Waals surface area contributed by atoms with Crippen LogP contribution in [0.2, 0.25) is 0 Å². The molecule has 3 rings (SSSR count). The summed E-state index contributed by atoms with van der Waals surface area (Å²) in [6.45, 7) is 11.6. The van der Waals surface area contributed by atoms with E-state index in [9.17, 15) is 5.11 Å². The molecular weight excluding hydrogens is 615 g/mol. The first-order valence-electron chi connectivity index (χ1n) is 10.8. The first-order chi connectivity index (χ1) is 14.1. The molecule has 30 heavy (non-hydrogen) atoms. The molecule has 1 aromatic rings. The van der Waals surface area contributed by atoms with Crippen LogP contribution in [0.15, 0.2) is 56.6 Å². The van der Waals surface area contributed by atoms with Gasteiger partial charge in [0.1, 0.15) is 5.75 Å². The van der Waals surface area contributed by atoms with Crippen LogP contribution >= 0.6 is 54.5 Å². The number of phenols is 1. The van der Waals surface area contributed by atoms with Gasteiger partial charge in [0.2, 0.25) is 0 Å². The molecule has 2 aliphatic carbocycles. The molecule has 1 fully saturated rings. The highest BCUT2D eigenvalue weighted by Gasteiger charge is 2.46. The Morgan fingerprint density at radius 3 is 2.67 bits per heavy atom. The number of hydrogen-bond donors (Lipinski definition) is 1. The van der Waals surface area contributed by atoms with Gasteiger partial charge in [0.15, 0.2) is 0 Å². The van der Waals surface area contributed by atoms with Gasteiger partial charge in [-0.15, -0.1) is 0 Å². The predicted octanol–water partition coefficient (Wildman–Crippen LogP) is 9.13. The second kappa shape index (κ2) is 9.82. The molecule has 1 aromatic carbocycles. The van der Waals surface area contributed by atoms with Gasteiger partial charge in [-0.2, -0.15) is 0 Å². The maximum atomic E-state index is 10.5. The van der Waals surface area contributed by atoms with Crippen LogP contribution in [0.4, 0.5) is 0 Å². The van der Waals surface area contributed by atoms with Gasteiger partial charge in [-0.1, -0.05) is 105 Å². The molecule has 0 bridgehead atoms. The van der Waals surface area contributed by atoms with Gasteiger partial charge in [0.05, 0.1) is 0 Å². The highest BCUT2D eigenvalue weighted by atomic mass is 127. The quantitative estimate of drug-likeness (QED) is 0.192. The summed E-state index contributed by atoms with van der Waals surface area (Å²) in [6, 6.07) is 5.79. The van der Waals surface area contributed by atoms with E-state index in [1.807, 2.05) is 6.07 Å². The largest absolute Gasteiger partial charge is 0.508 e. The van der Waals surface area contributed by atoms with Gasteiger partial charge in [-0.25, -0.2) is 0 Å². The van der Waals surface area contributed by atoms with Gasteiger partial charge < -0.3 is 5.11 Å². The summed E-state index contributed by atoms with van der Waals surface area (Å²) in [4.78, 5) is 0.472. The minimum absolute atomic E-state index is 0.127. The molecule has 4 atom stereocenters. The van der Waals surface area contributed by atoms with Gasteiger partial charge >= 0.3 is 0 Å². The molecule has 0 saturated heterocycles. The number of allylic oxidation sites excluding steroid dienone is 4. The molecule has 4 heteroatoms. The van der Waals surface area contributed by atoms with Crippen LogP contribution in [-0.4, -0.2) is 9.93 Å². The molecule has 0 spiro atoms. The van der Waals surface area contributed by atoms with Crippen molar-refractivity contribution < 1.29 is 5.11 Å². The highest BCUT2D eigenvalue weighted by Crippen LogP contribution is 2.54. The number of halogens is 3. The van der Waals surface area contributed by atoms with E-state index < -0.39 is 0 Å². The highest BCUT2D eigenvalue weighted by molar-refractivity contribution is 14.1. The van der Waals surface area contributed by atoms with Crippen molar-refractivity contribution in [1.29, 1.82) is 0 Å². The number of phenolic OH excluding ortho intramolecular Hbond substituents is 1. The second-order valence-corrected chi connectivity index (χ2v) is 12.5. The fourth-order valence-electron chi connectivity index (χ4n) is 5.53. The Bertz CT molecular complexity index is 857. The summed E-state index contributed by atoms with van der Waals surface area (Å²) in [7, 11) is 0. The number of rotatable bonds is 5. The Hall–Kier alpha value is -0.0700. The normalized spacial score (nSPS) is 32.5. The lowest BCUT2D eigenvalue weighted by Crippen LogP contribution is -2.43. The van der Waals surface area contributed by atoms with Crippen LogP contribution in [0.1, 0.15) is 58.4 Å². The summed E-state index contributed by atoms with van der Waals surface area (Å²) in [5.74, 6) is 1.33. The third-order valence-corrected chi connectivity index (χ3v) is 10.3. The molecule has 0 amide bonds. The molecule has 1 nitrogen and oxygen atoms in total. The van der Waals surface area contributed by atoms with Crippen molar-refractivity contribution in [2.24, 2.45) is 22.7 Å². The molecule has 0 unspecified atom stereocenters. The zero-order valence-corrected chi connectivity index (χ0v) is 23.6. The van der Waals surface area contributed by atoms with E-state index in [0.29, 0.717) is 22.4 Å². The third kappa shape index (κ3) is 5.11.